The SMILES string of the molecule is C[C@@H](NC(=O)c1oc2ccccc2c1COc1ccccc1)c1cccs1. The Bertz CT molecular complexity index is 1040. The number of rotatable bonds is 6. The van der Waals surface area contributed by atoms with Gasteiger partial charge < -0.3 is 14.5 Å². The van der Waals surface area contributed by atoms with Gasteiger partial charge >= 0.3 is 0 Å². The van der Waals surface area contributed by atoms with Gasteiger partial charge in [-0.15, -0.1) is 11.3 Å². The zero-order valence-electron chi connectivity index (χ0n) is 14.8. The standard InChI is InChI=1S/C22H19NO3S/c1-15(20-12-7-13-27-20)23-22(24)21-18(14-25-16-8-3-2-4-9-16)17-10-5-6-11-19(17)26-21/h2-13,15H,14H2,1H3,(H,23,24)/t15-/m1/s1. The average molecular weight is 377 g/mol. The summed E-state index contributed by atoms with van der Waals surface area (Å²) in [5.74, 6) is 0.815. The van der Waals surface area contributed by atoms with Gasteiger partial charge in [-0.2, -0.15) is 0 Å². The highest BCUT2D eigenvalue weighted by Gasteiger charge is 2.22. The van der Waals surface area contributed by atoms with Crippen molar-refractivity contribution in [2.24, 2.45) is 0 Å². The Hall–Kier alpha value is -3.05. The fourth-order valence-electron chi connectivity index (χ4n) is 2.97. The van der Waals surface area contributed by atoms with Crippen LogP contribution < -0.4 is 10.1 Å². The van der Waals surface area contributed by atoms with Gasteiger partial charge in [0.2, 0.25) is 0 Å². The topological polar surface area (TPSA) is 51.5 Å². The van der Waals surface area contributed by atoms with Crippen molar-refractivity contribution in [2.75, 3.05) is 0 Å². The predicted molar refractivity (Wildman–Crippen MR) is 107 cm³/mol. The number of nitrogens with one attached hydrogen (secondary N) is 1. The number of amides is 1. The molecule has 0 saturated heterocycles. The zero-order valence-corrected chi connectivity index (χ0v) is 15.7. The molecule has 0 aliphatic rings. The maximum absolute atomic E-state index is 12.9. The second-order valence-corrected chi connectivity index (χ2v) is 7.20. The van der Waals surface area contributed by atoms with Crippen LogP contribution in [0.4, 0.5) is 0 Å². The molecular formula is C22H19NO3S. The van der Waals surface area contributed by atoms with E-state index in [0.29, 0.717) is 11.3 Å². The van der Waals surface area contributed by atoms with Crippen LogP contribution in [0, 0.1) is 0 Å². The molecule has 0 saturated carbocycles. The highest BCUT2D eigenvalue weighted by atomic mass is 32.1. The Labute approximate surface area is 161 Å². The van der Waals surface area contributed by atoms with E-state index in [1.807, 2.05) is 79.0 Å². The Morgan fingerprint density at radius 2 is 1.85 bits per heavy atom. The number of hydrogen-bond donors (Lipinski definition) is 1. The van der Waals surface area contributed by atoms with Crippen molar-refractivity contribution in [3.8, 4) is 5.75 Å². The van der Waals surface area contributed by atoms with Gasteiger partial charge in [0, 0.05) is 15.8 Å². The molecule has 1 amide bonds. The number of carbonyl (C=O) groups is 1. The van der Waals surface area contributed by atoms with Crippen molar-refractivity contribution in [2.45, 2.75) is 19.6 Å². The van der Waals surface area contributed by atoms with Gasteiger partial charge in [-0.05, 0) is 36.6 Å². The second kappa shape index (κ2) is 7.68. The van der Waals surface area contributed by atoms with Gasteiger partial charge in [0.1, 0.15) is 17.9 Å². The van der Waals surface area contributed by atoms with Gasteiger partial charge in [-0.3, -0.25) is 4.79 Å². The van der Waals surface area contributed by atoms with Gasteiger partial charge in [-0.1, -0.05) is 42.5 Å². The minimum Gasteiger partial charge on any atom is -0.489 e. The van der Waals surface area contributed by atoms with E-state index in [2.05, 4.69) is 5.32 Å². The van der Waals surface area contributed by atoms with Crippen LogP contribution in [0.1, 0.15) is 34.0 Å². The van der Waals surface area contributed by atoms with E-state index in [9.17, 15) is 4.79 Å². The molecule has 0 unspecified atom stereocenters. The zero-order chi connectivity index (χ0) is 18.6. The molecule has 0 aliphatic carbocycles. The van der Waals surface area contributed by atoms with Crippen molar-refractivity contribution in [3.63, 3.8) is 0 Å². The summed E-state index contributed by atoms with van der Waals surface area (Å²) < 4.78 is 11.8. The number of thiophene rings is 1. The van der Waals surface area contributed by atoms with E-state index < -0.39 is 0 Å². The molecule has 1 atom stereocenters. The molecule has 5 heteroatoms. The number of benzene rings is 2. The van der Waals surface area contributed by atoms with Crippen molar-refractivity contribution in [1.29, 1.82) is 0 Å². The summed E-state index contributed by atoms with van der Waals surface area (Å²) in [6.45, 7) is 2.23. The van der Waals surface area contributed by atoms with Crippen LogP contribution in [-0.4, -0.2) is 5.91 Å². The first kappa shape index (κ1) is 17.4. The molecule has 0 spiro atoms. The van der Waals surface area contributed by atoms with E-state index in [4.69, 9.17) is 9.15 Å². The lowest BCUT2D eigenvalue weighted by Crippen LogP contribution is -2.26. The van der Waals surface area contributed by atoms with Gasteiger partial charge in [0.05, 0.1) is 6.04 Å². The predicted octanol–water partition coefficient (Wildman–Crippen LogP) is 5.56. The molecule has 2 heterocycles. The smallest absolute Gasteiger partial charge is 0.287 e. The summed E-state index contributed by atoms with van der Waals surface area (Å²) in [7, 11) is 0. The van der Waals surface area contributed by atoms with E-state index in [1.54, 1.807) is 11.3 Å². The number of furan rings is 1. The summed E-state index contributed by atoms with van der Waals surface area (Å²) in [5, 5.41) is 5.91. The maximum atomic E-state index is 12.9. The summed E-state index contributed by atoms with van der Waals surface area (Å²) in [6, 6.07) is 21.1. The number of para-hydroxylation sites is 2. The van der Waals surface area contributed by atoms with Crippen molar-refractivity contribution < 1.29 is 13.9 Å². The third kappa shape index (κ3) is 3.73. The molecule has 2 aromatic carbocycles. The van der Waals surface area contributed by atoms with E-state index in [1.165, 1.54) is 0 Å². The summed E-state index contributed by atoms with van der Waals surface area (Å²) in [6.07, 6.45) is 0. The van der Waals surface area contributed by atoms with Crippen LogP contribution >= 0.6 is 11.3 Å². The lowest BCUT2D eigenvalue weighted by atomic mass is 10.1. The quantitative estimate of drug-likeness (QED) is 0.478. The van der Waals surface area contributed by atoms with Crippen LogP contribution in [0.15, 0.2) is 76.5 Å². The molecule has 4 nitrogen and oxygen atoms in total. The molecule has 0 fully saturated rings. The number of hydrogen-bond acceptors (Lipinski definition) is 4. The molecule has 136 valence electrons. The summed E-state index contributed by atoms with van der Waals surface area (Å²) >= 11 is 1.61. The fourth-order valence-corrected chi connectivity index (χ4v) is 3.70. The Morgan fingerprint density at radius 3 is 2.63 bits per heavy atom. The molecular weight excluding hydrogens is 358 g/mol. The molecule has 4 rings (SSSR count). The average Bonchev–Trinajstić information content (AvgIpc) is 3.35. The largest absolute Gasteiger partial charge is 0.489 e. The first-order valence-electron chi connectivity index (χ1n) is 8.75. The van der Waals surface area contributed by atoms with E-state index in [-0.39, 0.29) is 18.6 Å². The van der Waals surface area contributed by atoms with Crippen LogP contribution in [0.3, 0.4) is 0 Å². The minimum atomic E-state index is -0.237. The normalized spacial score (nSPS) is 12.0. The summed E-state index contributed by atoms with van der Waals surface area (Å²) in [4.78, 5) is 14.0. The number of ether oxygens (including phenoxy) is 1. The van der Waals surface area contributed by atoms with Gasteiger partial charge in [-0.25, -0.2) is 0 Å². The third-order valence-electron chi connectivity index (χ3n) is 4.35. The van der Waals surface area contributed by atoms with Gasteiger partial charge in [0.25, 0.3) is 5.91 Å². The molecule has 0 bridgehead atoms. The molecule has 1 N–H and O–H groups in total. The van der Waals surface area contributed by atoms with E-state index in [0.717, 1.165) is 21.6 Å². The first-order chi connectivity index (χ1) is 13.2. The molecule has 27 heavy (non-hydrogen) atoms. The summed E-state index contributed by atoms with van der Waals surface area (Å²) in [5.41, 5.74) is 1.43. The Morgan fingerprint density at radius 1 is 1.07 bits per heavy atom. The van der Waals surface area contributed by atoms with Gasteiger partial charge in [0.15, 0.2) is 5.76 Å². The lowest BCUT2D eigenvalue weighted by Gasteiger charge is -2.12. The van der Waals surface area contributed by atoms with Crippen molar-refractivity contribution in [3.05, 3.63) is 88.3 Å². The lowest BCUT2D eigenvalue weighted by molar-refractivity contribution is 0.0911. The molecule has 2 aromatic heterocycles. The monoisotopic (exact) mass is 377 g/mol. The van der Waals surface area contributed by atoms with Crippen molar-refractivity contribution >= 4 is 28.2 Å². The Balaban J connectivity index is 1.62. The highest BCUT2D eigenvalue weighted by molar-refractivity contribution is 7.10. The van der Waals surface area contributed by atoms with Crippen LogP contribution in [-0.2, 0) is 6.61 Å². The number of carbonyl (C=O) groups excluding carboxylic acids is 1. The molecule has 0 aliphatic heterocycles. The number of fused-ring (bicyclic) bond motifs is 1. The first-order valence-corrected chi connectivity index (χ1v) is 9.63. The van der Waals surface area contributed by atoms with Crippen LogP contribution in [0.25, 0.3) is 11.0 Å². The van der Waals surface area contributed by atoms with Crippen LogP contribution in [0.2, 0.25) is 0 Å². The van der Waals surface area contributed by atoms with Crippen molar-refractivity contribution in [1.82, 2.24) is 5.32 Å². The van der Waals surface area contributed by atoms with Crippen LogP contribution in [0.5, 0.6) is 5.75 Å². The highest BCUT2D eigenvalue weighted by Crippen LogP contribution is 2.28. The second-order valence-electron chi connectivity index (χ2n) is 6.22. The minimum absolute atomic E-state index is 0.0893. The fraction of sp³-hybridized carbons (Fsp3) is 0.136. The molecule has 0 radical (unpaired) electrons. The third-order valence-corrected chi connectivity index (χ3v) is 5.40. The van der Waals surface area contributed by atoms with E-state index >= 15 is 0 Å². The maximum Gasteiger partial charge on any atom is 0.287 e. The molecule has 4 aromatic rings. The Kier molecular flexibility index (Phi) is 4.94.